The second-order valence-corrected chi connectivity index (χ2v) is 5.43. The lowest BCUT2D eigenvalue weighted by Gasteiger charge is -2.08. The molecule has 0 unspecified atom stereocenters. The van der Waals surface area contributed by atoms with Gasteiger partial charge in [0.15, 0.2) is 5.78 Å². The lowest BCUT2D eigenvalue weighted by Crippen LogP contribution is -1.96. The largest absolute Gasteiger partial charge is 0.397 e. The van der Waals surface area contributed by atoms with Crippen molar-refractivity contribution in [1.82, 2.24) is 4.98 Å². The number of hydrogen-bond donors (Lipinski definition) is 2. The molecule has 0 atom stereocenters. The molecule has 0 fully saturated rings. The topological polar surface area (TPSA) is 68.0 Å². The molecule has 0 radical (unpaired) electrons. The first-order valence-corrected chi connectivity index (χ1v) is 6.98. The van der Waals surface area contributed by atoms with Gasteiger partial charge in [0.2, 0.25) is 0 Å². The van der Waals surface area contributed by atoms with E-state index in [2.05, 4.69) is 10.3 Å². The number of nitrogens with two attached hydrogens (primary N) is 1. The van der Waals surface area contributed by atoms with E-state index in [1.54, 1.807) is 6.20 Å². The minimum atomic E-state index is -0.0313. The quantitative estimate of drug-likeness (QED) is 0.717. The van der Waals surface area contributed by atoms with Crippen molar-refractivity contribution in [2.45, 2.75) is 6.92 Å². The number of fused-ring (bicyclic) bond motifs is 1. The van der Waals surface area contributed by atoms with Gasteiger partial charge in [0.25, 0.3) is 0 Å². The standard InChI is InChI=1S/C15H13N3OS/c1-9(19)14-13(16)12-11(7-8-17-15(12)20-14)18-10-5-3-2-4-6-10/h2-8H,16H2,1H3,(H,17,18). The molecule has 3 rings (SSSR count). The Morgan fingerprint density at radius 3 is 2.70 bits per heavy atom. The van der Waals surface area contributed by atoms with Crippen molar-refractivity contribution in [3.05, 3.63) is 47.5 Å². The van der Waals surface area contributed by atoms with Gasteiger partial charge in [0.05, 0.1) is 21.6 Å². The zero-order valence-corrected chi connectivity index (χ0v) is 11.7. The van der Waals surface area contributed by atoms with Gasteiger partial charge in [-0.2, -0.15) is 0 Å². The summed E-state index contributed by atoms with van der Waals surface area (Å²) in [6.07, 6.45) is 1.72. The number of thiophene rings is 1. The zero-order chi connectivity index (χ0) is 14.1. The van der Waals surface area contributed by atoms with Crippen LogP contribution < -0.4 is 11.1 Å². The third kappa shape index (κ3) is 2.12. The summed E-state index contributed by atoms with van der Waals surface area (Å²) in [4.78, 5) is 17.2. The third-order valence-electron chi connectivity index (χ3n) is 3.00. The Balaban J connectivity index is 2.14. The molecule has 2 heterocycles. The van der Waals surface area contributed by atoms with Crippen molar-refractivity contribution in [2.75, 3.05) is 11.1 Å². The SMILES string of the molecule is CC(=O)c1sc2nccc(Nc3ccccc3)c2c1N. The van der Waals surface area contributed by atoms with Gasteiger partial charge in [0.1, 0.15) is 4.83 Å². The molecule has 0 saturated heterocycles. The van der Waals surface area contributed by atoms with Crippen LogP contribution >= 0.6 is 11.3 Å². The van der Waals surface area contributed by atoms with Gasteiger partial charge in [-0.15, -0.1) is 11.3 Å². The normalized spacial score (nSPS) is 10.7. The third-order valence-corrected chi connectivity index (χ3v) is 4.22. The fourth-order valence-electron chi connectivity index (χ4n) is 2.09. The number of anilines is 3. The van der Waals surface area contributed by atoms with Gasteiger partial charge in [-0.25, -0.2) is 4.98 Å². The summed E-state index contributed by atoms with van der Waals surface area (Å²) in [6, 6.07) is 11.7. The first-order valence-electron chi connectivity index (χ1n) is 6.17. The van der Waals surface area contributed by atoms with E-state index in [4.69, 9.17) is 5.73 Å². The Labute approximate surface area is 120 Å². The van der Waals surface area contributed by atoms with E-state index < -0.39 is 0 Å². The molecule has 3 N–H and O–H groups in total. The number of pyridine rings is 1. The molecule has 0 aliphatic carbocycles. The van der Waals surface area contributed by atoms with Crippen LogP contribution in [0.2, 0.25) is 0 Å². The van der Waals surface area contributed by atoms with E-state index in [1.807, 2.05) is 36.4 Å². The van der Waals surface area contributed by atoms with E-state index in [1.165, 1.54) is 18.3 Å². The van der Waals surface area contributed by atoms with Crippen molar-refractivity contribution in [3.8, 4) is 0 Å². The van der Waals surface area contributed by atoms with Gasteiger partial charge >= 0.3 is 0 Å². The van der Waals surface area contributed by atoms with E-state index in [9.17, 15) is 4.79 Å². The van der Waals surface area contributed by atoms with E-state index in [0.29, 0.717) is 10.6 Å². The highest BCUT2D eigenvalue weighted by Crippen LogP contribution is 2.38. The van der Waals surface area contributed by atoms with Crippen molar-refractivity contribution in [1.29, 1.82) is 0 Å². The molecule has 1 aromatic carbocycles. The van der Waals surface area contributed by atoms with Crippen LogP contribution in [0.15, 0.2) is 42.6 Å². The number of nitrogens with zero attached hydrogens (tertiary/aromatic N) is 1. The summed E-state index contributed by atoms with van der Waals surface area (Å²) >= 11 is 1.33. The van der Waals surface area contributed by atoms with Gasteiger partial charge in [-0.1, -0.05) is 18.2 Å². The van der Waals surface area contributed by atoms with Crippen LogP contribution in [0, 0.1) is 0 Å². The summed E-state index contributed by atoms with van der Waals surface area (Å²) < 4.78 is 0. The van der Waals surface area contributed by atoms with Gasteiger partial charge in [-0.05, 0) is 18.2 Å². The van der Waals surface area contributed by atoms with Crippen LogP contribution in [-0.2, 0) is 0 Å². The van der Waals surface area contributed by atoms with Gasteiger partial charge < -0.3 is 11.1 Å². The van der Waals surface area contributed by atoms with Crippen molar-refractivity contribution in [2.24, 2.45) is 0 Å². The molecule has 100 valence electrons. The van der Waals surface area contributed by atoms with Crippen LogP contribution in [-0.4, -0.2) is 10.8 Å². The molecule has 0 aliphatic heterocycles. The van der Waals surface area contributed by atoms with Gasteiger partial charge in [-0.3, -0.25) is 4.79 Å². The number of para-hydroxylation sites is 1. The van der Waals surface area contributed by atoms with Crippen LogP contribution in [0.5, 0.6) is 0 Å². The number of hydrogen-bond acceptors (Lipinski definition) is 5. The molecule has 0 bridgehead atoms. The number of nitrogens with one attached hydrogen (secondary N) is 1. The predicted molar refractivity (Wildman–Crippen MR) is 83.8 cm³/mol. The molecule has 0 spiro atoms. The molecule has 4 nitrogen and oxygen atoms in total. The molecule has 0 amide bonds. The number of ketones is 1. The molecule has 3 aromatic rings. The Hall–Kier alpha value is -2.40. The van der Waals surface area contributed by atoms with Crippen LogP contribution in [0.25, 0.3) is 10.2 Å². The lowest BCUT2D eigenvalue weighted by molar-refractivity contribution is 0.102. The summed E-state index contributed by atoms with van der Waals surface area (Å²) in [5.41, 5.74) is 8.44. The van der Waals surface area contributed by atoms with E-state index >= 15 is 0 Å². The number of nitrogen functional groups attached to an aromatic ring is 1. The predicted octanol–water partition coefficient (Wildman–Crippen LogP) is 3.82. The van der Waals surface area contributed by atoms with Crippen LogP contribution in [0.1, 0.15) is 16.6 Å². The number of benzene rings is 1. The fraction of sp³-hybridized carbons (Fsp3) is 0.0667. The Kier molecular flexibility index (Phi) is 3.12. The van der Waals surface area contributed by atoms with Crippen LogP contribution in [0.4, 0.5) is 17.1 Å². The summed E-state index contributed by atoms with van der Waals surface area (Å²) in [5.74, 6) is -0.0313. The van der Waals surface area contributed by atoms with E-state index in [-0.39, 0.29) is 5.78 Å². The fourth-order valence-corrected chi connectivity index (χ4v) is 3.07. The van der Waals surface area contributed by atoms with Gasteiger partial charge in [0, 0.05) is 18.8 Å². The number of carbonyl (C=O) groups is 1. The Morgan fingerprint density at radius 2 is 2.00 bits per heavy atom. The Bertz CT molecular complexity index is 780. The summed E-state index contributed by atoms with van der Waals surface area (Å²) in [6.45, 7) is 1.52. The molecular weight excluding hydrogens is 270 g/mol. The maximum Gasteiger partial charge on any atom is 0.171 e. The molecule has 0 saturated carbocycles. The molecule has 20 heavy (non-hydrogen) atoms. The molecule has 2 aromatic heterocycles. The number of aromatic nitrogens is 1. The monoisotopic (exact) mass is 283 g/mol. The van der Waals surface area contributed by atoms with E-state index in [0.717, 1.165) is 21.6 Å². The molecular formula is C15H13N3OS. The van der Waals surface area contributed by atoms with Crippen molar-refractivity contribution >= 4 is 44.4 Å². The smallest absolute Gasteiger partial charge is 0.171 e. The summed E-state index contributed by atoms with van der Waals surface area (Å²) in [5, 5.41) is 4.13. The first-order chi connectivity index (χ1) is 9.66. The Morgan fingerprint density at radius 1 is 1.25 bits per heavy atom. The second-order valence-electron chi connectivity index (χ2n) is 4.43. The highest BCUT2D eigenvalue weighted by Gasteiger charge is 2.16. The van der Waals surface area contributed by atoms with Crippen LogP contribution in [0.3, 0.4) is 0 Å². The highest BCUT2D eigenvalue weighted by atomic mass is 32.1. The number of carbonyl (C=O) groups excluding carboxylic acids is 1. The summed E-state index contributed by atoms with van der Waals surface area (Å²) in [7, 11) is 0. The average Bonchev–Trinajstić information content (AvgIpc) is 2.79. The highest BCUT2D eigenvalue weighted by molar-refractivity contribution is 7.21. The maximum absolute atomic E-state index is 11.6. The average molecular weight is 283 g/mol. The molecule has 5 heteroatoms. The minimum absolute atomic E-state index is 0.0313. The number of Topliss-reactive ketones (excluding diaryl/α,β-unsaturated/α-hetero) is 1. The number of rotatable bonds is 3. The minimum Gasteiger partial charge on any atom is -0.397 e. The second kappa shape index (κ2) is 4.94. The lowest BCUT2D eigenvalue weighted by atomic mass is 10.2. The van der Waals surface area contributed by atoms with Crippen molar-refractivity contribution < 1.29 is 4.79 Å². The molecule has 0 aliphatic rings. The zero-order valence-electron chi connectivity index (χ0n) is 10.9. The maximum atomic E-state index is 11.6. The van der Waals surface area contributed by atoms with Crippen molar-refractivity contribution in [3.63, 3.8) is 0 Å². The first kappa shape index (κ1) is 12.6.